The van der Waals surface area contributed by atoms with Crippen LogP contribution in [0, 0.1) is 11.8 Å². The summed E-state index contributed by atoms with van der Waals surface area (Å²) in [5.74, 6) is 1.14. The molecule has 144 valence electrons. The van der Waals surface area contributed by atoms with E-state index >= 15 is 0 Å². The highest BCUT2D eigenvalue weighted by molar-refractivity contribution is 6.01. The van der Waals surface area contributed by atoms with Crippen molar-refractivity contribution in [3.8, 4) is 0 Å². The molecule has 1 fully saturated rings. The maximum absolute atomic E-state index is 12.5. The Kier molecular flexibility index (Phi) is 5.78. The molecule has 0 bridgehead atoms. The lowest BCUT2D eigenvalue weighted by Gasteiger charge is -2.27. The van der Waals surface area contributed by atoms with Crippen LogP contribution in [-0.4, -0.2) is 35.7 Å². The van der Waals surface area contributed by atoms with Crippen LogP contribution in [0.4, 0.5) is 0 Å². The molecule has 27 heavy (non-hydrogen) atoms. The molecule has 0 radical (unpaired) electrons. The molecule has 2 amide bonds. The van der Waals surface area contributed by atoms with Crippen LogP contribution < -0.4 is 16.8 Å². The number of primary amides is 1. The Balaban J connectivity index is 1.52. The molecule has 0 aliphatic heterocycles. The minimum atomic E-state index is -0.480. The van der Waals surface area contributed by atoms with Gasteiger partial charge >= 0.3 is 0 Å². The highest BCUT2D eigenvalue weighted by Crippen LogP contribution is 2.28. The number of rotatable bonds is 6. The molecule has 1 aliphatic carbocycles. The van der Waals surface area contributed by atoms with Crippen molar-refractivity contribution in [2.45, 2.75) is 32.6 Å². The van der Waals surface area contributed by atoms with Crippen LogP contribution in [0.15, 0.2) is 29.3 Å². The summed E-state index contributed by atoms with van der Waals surface area (Å²) in [6, 6.07) is 6.86. The zero-order valence-electron chi connectivity index (χ0n) is 15.6. The Labute approximate surface area is 158 Å². The fraction of sp³-hybridized carbons (Fsp3) is 0.450. The van der Waals surface area contributed by atoms with Crippen LogP contribution in [-0.2, 0) is 0 Å². The van der Waals surface area contributed by atoms with Crippen molar-refractivity contribution in [2.24, 2.45) is 28.3 Å². The van der Waals surface area contributed by atoms with Gasteiger partial charge in [0.1, 0.15) is 5.69 Å². The Morgan fingerprint density at radius 3 is 2.52 bits per heavy atom. The van der Waals surface area contributed by atoms with Gasteiger partial charge in [0.2, 0.25) is 5.91 Å². The number of hydrogen-bond donors (Lipinski definition) is 4. The van der Waals surface area contributed by atoms with Crippen LogP contribution in [0.1, 0.15) is 53.5 Å². The van der Waals surface area contributed by atoms with Gasteiger partial charge in [-0.2, -0.15) is 0 Å². The largest absolute Gasteiger partial charge is 0.388 e. The van der Waals surface area contributed by atoms with Gasteiger partial charge in [-0.1, -0.05) is 0 Å². The van der Waals surface area contributed by atoms with Crippen molar-refractivity contribution in [2.75, 3.05) is 13.1 Å². The van der Waals surface area contributed by atoms with Crippen LogP contribution >= 0.6 is 0 Å². The zero-order chi connectivity index (χ0) is 19.4. The summed E-state index contributed by atoms with van der Waals surface area (Å²) >= 11 is 0. The molecule has 3 rings (SSSR count). The standard InChI is InChI=1S/C20H27N5O2/c1-12(21)23-10-13-2-4-14(5-3-13)11-24-20(27)18-9-16-8-15(19(22)26)6-7-17(16)25-18/h6-9,13-14,25H,2-5,10-11H2,1H3,(H2,21,23)(H2,22,26)(H,24,27). The number of nitrogens with zero attached hydrogens (tertiary/aromatic N) is 1. The number of amides is 2. The lowest BCUT2D eigenvalue weighted by molar-refractivity contribution is 0.0936. The predicted molar refractivity (Wildman–Crippen MR) is 107 cm³/mol. The van der Waals surface area contributed by atoms with E-state index in [-0.39, 0.29) is 5.91 Å². The minimum Gasteiger partial charge on any atom is -0.388 e. The molecule has 6 N–H and O–H groups in total. The second-order valence-electron chi connectivity index (χ2n) is 7.43. The van der Waals surface area contributed by atoms with Crippen molar-refractivity contribution < 1.29 is 9.59 Å². The Hall–Kier alpha value is -2.83. The zero-order valence-corrected chi connectivity index (χ0v) is 15.6. The van der Waals surface area contributed by atoms with E-state index in [9.17, 15) is 9.59 Å². The lowest BCUT2D eigenvalue weighted by atomic mass is 9.82. The maximum atomic E-state index is 12.5. The maximum Gasteiger partial charge on any atom is 0.267 e. The second kappa shape index (κ2) is 8.24. The molecule has 1 saturated carbocycles. The van der Waals surface area contributed by atoms with Crippen molar-refractivity contribution in [1.29, 1.82) is 0 Å². The molecule has 1 aliphatic rings. The molecule has 7 heteroatoms. The van der Waals surface area contributed by atoms with E-state index in [0.717, 1.165) is 43.1 Å². The fourth-order valence-corrected chi connectivity index (χ4v) is 3.63. The summed E-state index contributed by atoms with van der Waals surface area (Å²) in [5, 5.41) is 3.82. The second-order valence-corrected chi connectivity index (χ2v) is 7.43. The lowest BCUT2D eigenvalue weighted by Crippen LogP contribution is -2.31. The summed E-state index contributed by atoms with van der Waals surface area (Å²) in [6.45, 7) is 3.30. The summed E-state index contributed by atoms with van der Waals surface area (Å²) < 4.78 is 0. The van der Waals surface area contributed by atoms with Gasteiger partial charge in [-0.05, 0) is 68.7 Å². The molecule has 1 heterocycles. The van der Waals surface area contributed by atoms with Crippen molar-refractivity contribution in [3.63, 3.8) is 0 Å². The fourth-order valence-electron chi connectivity index (χ4n) is 3.63. The number of nitrogens with one attached hydrogen (secondary N) is 2. The number of carbonyl (C=O) groups excluding carboxylic acids is 2. The highest BCUT2D eigenvalue weighted by atomic mass is 16.2. The Morgan fingerprint density at radius 1 is 1.15 bits per heavy atom. The first kappa shape index (κ1) is 18.9. The molecule has 2 aromatic rings. The SMILES string of the molecule is CC(N)=NCC1CCC(CNC(=O)c2cc3cc(C(N)=O)ccc3[nH]2)CC1. The first-order chi connectivity index (χ1) is 12.9. The van der Waals surface area contributed by atoms with Gasteiger partial charge in [-0.3, -0.25) is 14.6 Å². The third-order valence-electron chi connectivity index (χ3n) is 5.27. The third kappa shape index (κ3) is 4.87. The molecule has 1 aromatic carbocycles. The number of amidine groups is 1. The van der Waals surface area contributed by atoms with Crippen LogP contribution in [0.25, 0.3) is 10.9 Å². The van der Waals surface area contributed by atoms with E-state index in [1.54, 1.807) is 24.3 Å². The Bertz CT molecular complexity index is 858. The van der Waals surface area contributed by atoms with E-state index in [1.165, 1.54) is 0 Å². The van der Waals surface area contributed by atoms with Gasteiger partial charge in [0.05, 0.1) is 5.84 Å². The normalized spacial score (nSPS) is 20.6. The molecule has 0 spiro atoms. The monoisotopic (exact) mass is 369 g/mol. The van der Waals surface area contributed by atoms with Gasteiger partial charge in [-0.15, -0.1) is 0 Å². The minimum absolute atomic E-state index is 0.127. The average molecular weight is 369 g/mol. The molecule has 0 saturated heterocycles. The molecule has 0 unspecified atom stereocenters. The summed E-state index contributed by atoms with van der Waals surface area (Å²) in [4.78, 5) is 31.1. The summed E-state index contributed by atoms with van der Waals surface area (Å²) in [7, 11) is 0. The molecule has 1 aromatic heterocycles. The molecular formula is C20H27N5O2. The van der Waals surface area contributed by atoms with Gasteiger partial charge in [-0.25, -0.2) is 0 Å². The van der Waals surface area contributed by atoms with E-state index in [4.69, 9.17) is 11.5 Å². The van der Waals surface area contributed by atoms with Crippen molar-refractivity contribution in [3.05, 3.63) is 35.5 Å². The van der Waals surface area contributed by atoms with Gasteiger partial charge < -0.3 is 21.8 Å². The Morgan fingerprint density at radius 2 is 1.85 bits per heavy atom. The van der Waals surface area contributed by atoms with Crippen LogP contribution in [0.3, 0.4) is 0 Å². The van der Waals surface area contributed by atoms with E-state index in [1.807, 2.05) is 6.92 Å². The van der Waals surface area contributed by atoms with Crippen LogP contribution in [0.2, 0.25) is 0 Å². The predicted octanol–water partition coefficient (Wildman–Crippen LogP) is 2.18. The number of carbonyl (C=O) groups is 2. The number of nitrogens with two attached hydrogens (primary N) is 2. The summed E-state index contributed by atoms with van der Waals surface area (Å²) in [5.41, 5.74) is 12.6. The number of aliphatic imine (C=N–C) groups is 1. The number of aromatic amines is 1. The molecular weight excluding hydrogens is 342 g/mol. The van der Waals surface area contributed by atoms with Crippen molar-refractivity contribution >= 4 is 28.6 Å². The first-order valence-corrected chi connectivity index (χ1v) is 9.39. The van der Waals surface area contributed by atoms with Crippen molar-refractivity contribution in [1.82, 2.24) is 10.3 Å². The van der Waals surface area contributed by atoms with E-state index < -0.39 is 5.91 Å². The number of fused-ring (bicyclic) bond motifs is 1. The molecule has 7 nitrogen and oxygen atoms in total. The number of aromatic nitrogens is 1. The van der Waals surface area contributed by atoms with Crippen LogP contribution in [0.5, 0.6) is 0 Å². The number of hydrogen-bond acceptors (Lipinski definition) is 3. The van der Waals surface area contributed by atoms with E-state index in [2.05, 4.69) is 15.3 Å². The summed E-state index contributed by atoms with van der Waals surface area (Å²) in [6.07, 6.45) is 4.44. The number of benzene rings is 1. The topological polar surface area (TPSA) is 126 Å². The molecule has 0 atom stereocenters. The highest BCUT2D eigenvalue weighted by Gasteiger charge is 2.22. The van der Waals surface area contributed by atoms with E-state index in [0.29, 0.717) is 35.5 Å². The quantitative estimate of drug-likeness (QED) is 0.460. The number of H-pyrrole nitrogens is 1. The smallest absolute Gasteiger partial charge is 0.267 e. The first-order valence-electron chi connectivity index (χ1n) is 9.39. The average Bonchev–Trinajstić information content (AvgIpc) is 3.08. The van der Waals surface area contributed by atoms with Gasteiger partial charge in [0.25, 0.3) is 5.91 Å². The third-order valence-corrected chi connectivity index (χ3v) is 5.27. The van der Waals surface area contributed by atoms with Gasteiger partial charge in [0.15, 0.2) is 0 Å². The van der Waals surface area contributed by atoms with Gasteiger partial charge in [0, 0.05) is 29.6 Å².